The molecule has 1 aliphatic heterocycles. The van der Waals surface area contributed by atoms with Crippen LogP contribution in [0.25, 0.3) is 10.8 Å². The van der Waals surface area contributed by atoms with E-state index in [-0.39, 0.29) is 17.4 Å². The van der Waals surface area contributed by atoms with Gasteiger partial charge in [0.25, 0.3) is 11.5 Å². The average molecular weight is 285 g/mol. The van der Waals surface area contributed by atoms with Gasteiger partial charge in [0.05, 0.1) is 5.56 Å². The summed E-state index contributed by atoms with van der Waals surface area (Å²) in [6.45, 7) is 0.635. The number of nitrogens with zero attached hydrogens (tertiary/aromatic N) is 1. The molecular formula is C15H15N3O3. The van der Waals surface area contributed by atoms with Gasteiger partial charge >= 0.3 is 0 Å². The molecule has 1 atom stereocenters. The number of carbonyl (C=O) groups excluding carboxylic acids is 2. The fraction of sp³-hybridized carbons (Fsp3) is 0.267. The molecule has 1 aromatic heterocycles. The summed E-state index contributed by atoms with van der Waals surface area (Å²) in [5.74, 6) is -0.437. The van der Waals surface area contributed by atoms with Gasteiger partial charge in [0.2, 0.25) is 5.91 Å². The Labute approximate surface area is 120 Å². The van der Waals surface area contributed by atoms with Gasteiger partial charge in [-0.3, -0.25) is 14.4 Å². The second kappa shape index (κ2) is 5.05. The van der Waals surface area contributed by atoms with Crippen molar-refractivity contribution < 1.29 is 9.59 Å². The Bertz CT molecular complexity index is 781. The monoisotopic (exact) mass is 285 g/mol. The van der Waals surface area contributed by atoms with Crippen molar-refractivity contribution in [3.05, 3.63) is 46.4 Å². The number of hydrogen-bond acceptors (Lipinski definition) is 3. The highest BCUT2D eigenvalue weighted by Gasteiger charge is 2.30. The van der Waals surface area contributed by atoms with Gasteiger partial charge in [-0.15, -0.1) is 0 Å². The maximum absolute atomic E-state index is 12.4. The van der Waals surface area contributed by atoms with Gasteiger partial charge in [0.15, 0.2) is 0 Å². The molecule has 1 saturated heterocycles. The van der Waals surface area contributed by atoms with Gasteiger partial charge in [-0.25, -0.2) is 0 Å². The summed E-state index contributed by atoms with van der Waals surface area (Å²) in [5.41, 5.74) is 0.131. The number of likely N-dealkylation sites (tertiary alicyclic amines) is 1. The number of carbonyl (C=O) groups is 2. The lowest BCUT2D eigenvalue weighted by Gasteiger charge is -2.13. The van der Waals surface area contributed by atoms with E-state index in [4.69, 9.17) is 0 Å². The van der Waals surface area contributed by atoms with Crippen LogP contribution in [0.1, 0.15) is 16.8 Å². The van der Waals surface area contributed by atoms with Crippen molar-refractivity contribution in [2.75, 3.05) is 13.6 Å². The first-order valence-corrected chi connectivity index (χ1v) is 6.74. The van der Waals surface area contributed by atoms with E-state index in [0.29, 0.717) is 29.3 Å². The van der Waals surface area contributed by atoms with Gasteiger partial charge in [0, 0.05) is 30.6 Å². The molecule has 1 aliphatic rings. The lowest BCUT2D eigenvalue weighted by atomic mass is 10.1. The third kappa shape index (κ3) is 2.29. The van der Waals surface area contributed by atoms with Crippen LogP contribution in [0.15, 0.2) is 35.3 Å². The summed E-state index contributed by atoms with van der Waals surface area (Å²) in [5, 5.41) is 3.77. The number of fused-ring (bicyclic) bond motifs is 1. The molecule has 2 amide bonds. The first-order chi connectivity index (χ1) is 10.1. The molecule has 21 heavy (non-hydrogen) atoms. The highest BCUT2D eigenvalue weighted by molar-refractivity contribution is 6.07. The summed E-state index contributed by atoms with van der Waals surface area (Å²) >= 11 is 0. The molecule has 0 spiro atoms. The fourth-order valence-electron chi connectivity index (χ4n) is 2.59. The number of aromatic nitrogens is 1. The molecule has 108 valence electrons. The molecule has 0 bridgehead atoms. The minimum Gasteiger partial charge on any atom is -0.344 e. The highest BCUT2D eigenvalue weighted by Crippen LogP contribution is 2.15. The normalized spacial score (nSPS) is 18.2. The number of rotatable bonds is 2. The maximum Gasteiger partial charge on any atom is 0.255 e. The molecule has 6 heteroatoms. The number of hydrogen-bond donors (Lipinski definition) is 2. The Hall–Kier alpha value is -2.63. The summed E-state index contributed by atoms with van der Waals surface area (Å²) in [6.07, 6.45) is 1.99. The van der Waals surface area contributed by atoms with Gasteiger partial charge < -0.3 is 15.2 Å². The third-order valence-electron chi connectivity index (χ3n) is 3.79. The Morgan fingerprint density at radius 3 is 2.67 bits per heavy atom. The smallest absolute Gasteiger partial charge is 0.255 e. The lowest BCUT2D eigenvalue weighted by molar-refractivity contribution is -0.128. The number of likely N-dealkylation sites (N-methyl/N-ethyl adjacent to an activating group) is 1. The SMILES string of the molecule is CN1CCC(NC(=O)c2c[nH]c(=O)c3ccccc23)C1=O. The fourth-order valence-corrected chi connectivity index (χ4v) is 2.59. The molecular weight excluding hydrogens is 270 g/mol. The van der Waals surface area contributed by atoms with Crippen LogP contribution in [0, 0.1) is 0 Å². The van der Waals surface area contributed by atoms with Crippen LogP contribution < -0.4 is 10.9 Å². The molecule has 0 saturated carbocycles. The number of pyridine rings is 1. The zero-order valence-corrected chi connectivity index (χ0v) is 11.6. The minimum atomic E-state index is -0.492. The topological polar surface area (TPSA) is 82.3 Å². The molecule has 2 aromatic rings. The van der Waals surface area contributed by atoms with Crippen molar-refractivity contribution in [1.82, 2.24) is 15.2 Å². The molecule has 2 N–H and O–H groups in total. The number of benzene rings is 1. The molecule has 6 nitrogen and oxygen atoms in total. The largest absolute Gasteiger partial charge is 0.344 e. The van der Waals surface area contributed by atoms with Crippen molar-refractivity contribution in [1.29, 1.82) is 0 Å². The summed E-state index contributed by atoms with van der Waals surface area (Å²) in [7, 11) is 1.71. The molecule has 1 aromatic carbocycles. The van der Waals surface area contributed by atoms with E-state index in [1.807, 2.05) is 0 Å². The Morgan fingerprint density at radius 2 is 2.00 bits per heavy atom. The predicted octanol–water partition coefficient (Wildman–Crippen LogP) is 0.489. The molecule has 0 radical (unpaired) electrons. The summed E-state index contributed by atoms with van der Waals surface area (Å²) in [4.78, 5) is 40.1. The number of nitrogens with one attached hydrogen (secondary N) is 2. The average Bonchev–Trinajstić information content (AvgIpc) is 2.80. The Balaban J connectivity index is 1.94. The summed E-state index contributed by atoms with van der Waals surface area (Å²) < 4.78 is 0. The number of aromatic amines is 1. The summed E-state index contributed by atoms with van der Waals surface area (Å²) in [6, 6.07) is 6.41. The third-order valence-corrected chi connectivity index (χ3v) is 3.79. The second-order valence-corrected chi connectivity index (χ2v) is 5.15. The van der Waals surface area contributed by atoms with Gasteiger partial charge in [-0.1, -0.05) is 18.2 Å². The van der Waals surface area contributed by atoms with Crippen molar-refractivity contribution in [3.8, 4) is 0 Å². The van der Waals surface area contributed by atoms with Crippen molar-refractivity contribution in [2.24, 2.45) is 0 Å². The quantitative estimate of drug-likeness (QED) is 0.842. The van der Waals surface area contributed by atoms with E-state index in [0.717, 1.165) is 0 Å². The zero-order valence-electron chi connectivity index (χ0n) is 11.6. The number of amides is 2. The first kappa shape index (κ1) is 13.4. The van der Waals surface area contributed by atoms with Crippen LogP contribution in [0.4, 0.5) is 0 Å². The maximum atomic E-state index is 12.4. The van der Waals surface area contributed by atoms with E-state index in [1.165, 1.54) is 6.20 Å². The van der Waals surface area contributed by atoms with Gasteiger partial charge in [-0.2, -0.15) is 0 Å². The van der Waals surface area contributed by atoms with Crippen molar-refractivity contribution >= 4 is 22.6 Å². The zero-order chi connectivity index (χ0) is 15.0. The van der Waals surface area contributed by atoms with Crippen LogP contribution >= 0.6 is 0 Å². The van der Waals surface area contributed by atoms with E-state index >= 15 is 0 Å². The van der Waals surface area contributed by atoms with Crippen LogP contribution in [-0.2, 0) is 4.79 Å². The molecule has 3 rings (SSSR count). The lowest BCUT2D eigenvalue weighted by Crippen LogP contribution is -2.40. The first-order valence-electron chi connectivity index (χ1n) is 6.74. The molecule has 2 heterocycles. The van der Waals surface area contributed by atoms with Gasteiger partial charge in [0.1, 0.15) is 6.04 Å². The van der Waals surface area contributed by atoms with Gasteiger partial charge in [-0.05, 0) is 12.5 Å². The van der Waals surface area contributed by atoms with Crippen LogP contribution in [0.2, 0.25) is 0 Å². The van der Waals surface area contributed by atoms with E-state index in [2.05, 4.69) is 10.3 Å². The van der Waals surface area contributed by atoms with Crippen molar-refractivity contribution in [3.63, 3.8) is 0 Å². The minimum absolute atomic E-state index is 0.0860. The Morgan fingerprint density at radius 1 is 1.29 bits per heavy atom. The van der Waals surface area contributed by atoms with E-state index in [9.17, 15) is 14.4 Å². The Kier molecular flexibility index (Phi) is 3.21. The van der Waals surface area contributed by atoms with Crippen molar-refractivity contribution in [2.45, 2.75) is 12.5 Å². The molecule has 0 aliphatic carbocycles. The van der Waals surface area contributed by atoms with Crippen LogP contribution in [0.5, 0.6) is 0 Å². The van der Waals surface area contributed by atoms with E-state index < -0.39 is 6.04 Å². The molecule has 1 unspecified atom stereocenters. The predicted molar refractivity (Wildman–Crippen MR) is 78.1 cm³/mol. The number of H-pyrrole nitrogens is 1. The van der Waals surface area contributed by atoms with E-state index in [1.54, 1.807) is 36.2 Å². The van der Waals surface area contributed by atoms with Crippen LogP contribution in [0.3, 0.4) is 0 Å². The second-order valence-electron chi connectivity index (χ2n) is 5.15. The highest BCUT2D eigenvalue weighted by atomic mass is 16.2. The molecule has 1 fully saturated rings. The standard InChI is InChI=1S/C15H15N3O3/c1-18-7-6-12(15(18)21)17-14(20)11-8-16-13(19)10-5-3-2-4-9(10)11/h2-5,8,12H,6-7H2,1H3,(H,16,19)(H,17,20). The van der Waals surface area contributed by atoms with Crippen LogP contribution in [-0.4, -0.2) is 41.3 Å².